The van der Waals surface area contributed by atoms with E-state index in [-0.39, 0.29) is 0 Å². The minimum Gasteiger partial charge on any atom is -0.247 e. The Morgan fingerprint density at radius 3 is 2.27 bits per heavy atom. The Balaban J connectivity index is 1.75. The molecule has 0 saturated heterocycles. The maximum atomic E-state index is 5.42. The van der Waals surface area contributed by atoms with Crippen molar-refractivity contribution in [3.8, 4) is 11.3 Å². The van der Waals surface area contributed by atoms with E-state index in [0.29, 0.717) is 11.8 Å². The average molecular weight is 450 g/mol. The first-order valence-corrected chi connectivity index (χ1v) is 11.6. The quantitative estimate of drug-likeness (QED) is 0.234. The van der Waals surface area contributed by atoms with Gasteiger partial charge < -0.3 is 0 Å². The molecule has 1 aromatic heterocycles. The van der Waals surface area contributed by atoms with E-state index in [2.05, 4.69) is 88.7 Å². The first-order chi connectivity index (χ1) is 14.8. The zero-order chi connectivity index (χ0) is 19.8. The summed E-state index contributed by atoms with van der Waals surface area (Å²) < 4.78 is 1.13. The molecule has 1 fully saturated rings. The van der Waals surface area contributed by atoms with Gasteiger partial charge in [0.15, 0.2) is 0 Å². The number of hydrogen-bond acceptors (Lipinski definition) is 1. The van der Waals surface area contributed by atoms with Crippen LogP contribution in [0.5, 0.6) is 0 Å². The summed E-state index contributed by atoms with van der Waals surface area (Å²) in [6.07, 6.45) is 3.92. The monoisotopic (exact) mass is 449 g/mol. The van der Waals surface area contributed by atoms with Crippen LogP contribution in [0.3, 0.4) is 0 Å². The number of pyridine rings is 1. The summed E-state index contributed by atoms with van der Waals surface area (Å²) in [6, 6.07) is 26.4. The van der Waals surface area contributed by atoms with E-state index in [0.717, 1.165) is 4.47 Å². The van der Waals surface area contributed by atoms with Crippen molar-refractivity contribution in [2.24, 2.45) is 0 Å². The predicted octanol–water partition coefficient (Wildman–Crippen LogP) is 8.34. The van der Waals surface area contributed by atoms with E-state index >= 15 is 0 Å². The van der Waals surface area contributed by atoms with Gasteiger partial charge >= 0.3 is 0 Å². The van der Waals surface area contributed by atoms with Gasteiger partial charge in [-0.05, 0) is 70.5 Å². The van der Waals surface area contributed by atoms with Crippen molar-refractivity contribution in [3.05, 3.63) is 88.4 Å². The standard InChI is InChI=1S/C28H20BrN/c29-19-12-13-21-23(15-19)20-8-4-5-9-22(20)28-26(21)24-17-10-11-18(14-17)25(24)27(30-28)16-6-2-1-3-7-16/h1-9,12-13,15,17-18H,10-11,14H2. The van der Waals surface area contributed by atoms with E-state index in [1.165, 1.54) is 68.5 Å². The summed E-state index contributed by atoms with van der Waals surface area (Å²) in [6.45, 7) is 0. The van der Waals surface area contributed by atoms with Gasteiger partial charge in [-0.25, -0.2) is 4.98 Å². The van der Waals surface area contributed by atoms with E-state index in [4.69, 9.17) is 4.98 Å². The molecule has 4 aromatic carbocycles. The molecule has 30 heavy (non-hydrogen) atoms. The number of rotatable bonds is 1. The second kappa shape index (κ2) is 6.15. The third-order valence-corrected chi connectivity index (χ3v) is 7.79. The molecule has 1 heterocycles. The van der Waals surface area contributed by atoms with Crippen molar-refractivity contribution >= 4 is 48.4 Å². The predicted molar refractivity (Wildman–Crippen MR) is 129 cm³/mol. The molecule has 2 heteroatoms. The Morgan fingerprint density at radius 1 is 0.700 bits per heavy atom. The Bertz CT molecular complexity index is 1490. The molecule has 2 bridgehead atoms. The summed E-state index contributed by atoms with van der Waals surface area (Å²) in [7, 11) is 0. The topological polar surface area (TPSA) is 12.9 Å². The van der Waals surface area contributed by atoms with Crippen molar-refractivity contribution in [2.45, 2.75) is 31.1 Å². The normalized spacial score (nSPS) is 19.8. The molecule has 2 atom stereocenters. The van der Waals surface area contributed by atoms with Crippen LogP contribution in [0.1, 0.15) is 42.2 Å². The zero-order valence-corrected chi connectivity index (χ0v) is 18.1. The Morgan fingerprint density at radius 2 is 1.43 bits per heavy atom. The number of halogens is 1. The molecule has 0 amide bonds. The third-order valence-electron chi connectivity index (χ3n) is 7.29. The van der Waals surface area contributed by atoms with Gasteiger partial charge in [0.1, 0.15) is 0 Å². The van der Waals surface area contributed by atoms with Crippen LogP contribution in [-0.2, 0) is 0 Å². The molecule has 0 radical (unpaired) electrons. The Hall–Kier alpha value is -2.71. The zero-order valence-electron chi connectivity index (χ0n) is 16.5. The second-order valence-electron chi connectivity index (χ2n) is 8.82. The number of aromatic nitrogens is 1. The fraction of sp³-hybridized carbons (Fsp3) is 0.179. The molecular weight excluding hydrogens is 430 g/mol. The molecule has 0 aliphatic heterocycles. The maximum absolute atomic E-state index is 5.42. The third kappa shape index (κ3) is 2.20. The van der Waals surface area contributed by atoms with Crippen LogP contribution >= 0.6 is 15.9 Å². The number of fused-ring (bicyclic) bond motifs is 12. The van der Waals surface area contributed by atoms with Gasteiger partial charge in [-0.3, -0.25) is 0 Å². The summed E-state index contributed by atoms with van der Waals surface area (Å²) in [5.41, 5.74) is 6.76. The summed E-state index contributed by atoms with van der Waals surface area (Å²) in [4.78, 5) is 5.42. The smallest absolute Gasteiger partial charge is 0.0797 e. The highest BCUT2D eigenvalue weighted by atomic mass is 79.9. The van der Waals surface area contributed by atoms with E-state index < -0.39 is 0 Å². The summed E-state index contributed by atoms with van der Waals surface area (Å²) in [5.74, 6) is 1.33. The molecule has 144 valence electrons. The lowest BCUT2D eigenvalue weighted by molar-refractivity contribution is 0.721. The highest BCUT2D eigenvalue weighted by Gasteiger charge is 2.41. The highest BCUT2D eigenvalue weighted by Crippen LogP contribution is 2.58. The van der Waals surface area contributed by atoms with Crippen LogP contribution in [0.25, 0.3) is 43.7 Å². The minimum absolute atomic E-state index is 0.661. The lowest BCUT2D eigenvalue weighted by Gasteiger charge is -2.23. The molecule has 1 saturated carbocycles. The van der Waals surface area contributed by atoms with Crippen LogP contribution in [0.15, 0.2) is 77.3 Å². The number of benzene rings is 4. The van der Waals surface area contributed by atoms with Crippen LogP contribution in [0, 0.1) is 0 Å². The van der Waals surface area contributed by atoms with Crippen molar-refractivity contribution in [3.63, 3.8) is 0 Å². The van der Waals surface area contributed by atoms with Gasteiger partial charge in [0.05, 0.1) is 11.2 Å². The fourth-order valence-electron chi connectivity index (χ4n) is 6.13. The molecule has 0 spiro atoms. The molecule has 2 unspecified atom stereocenters. The first kappa shape index (κ1) is 17.0. The van der Waals surface area contributed by atoms with Crippen molar-refractivity contribution < 1.29 is 0 Å². The molecule has 7 rings (SSSR count). The fourth-order valence-corrected chi connectivity index (χ4v) is 6.49. The van der Waals surface area contributed by atoms with Gasteiger partial charge in [-0.15, -0.1) is 0 Å². The average Bonchev–Trinajstić information content (AvgIpc) is 3.42. The van der Waals surface area contributed by atoms with E-state index in [1.54, 1.807) is 5.56 Å². The van der Waals surface area contributed by atoms with Crippen LogP contribution in [-0.4, -0.2) is 4.98 Å². The van der Waals surface area contributed by atoms with E-state index in [9.17, 15) is 0 Å². The lowest BCUT2D eigenvalue weighted by atomic mass is 9.83. The Labute approximate surface area is 183 Å². The molecule has 2 aliphatic rings. The molecule has 1 nitrogen and oxygen atoms in total. The first-order valence-electron chi connectivity index (χ1n) is 10.8. The van der Waals surface area contributed by atoms with Crippen molar-refractivity contribution in [2.75, 3.05) is 0 Å². The van der Waals surface area contributed by atoms with Gasteiger partial charge in [-0.2, -0.15) is 0 Å². The molecule has 5 aromatic rings. The maximum Gasteiger partial charge on any atom is 0.0797 e. The number of nitrogens with zero attached hydrogens (tertiary/aromatic N) is 1. The highest BCUT2D eigenvalue weighted by molar-refractivity contribution is 9.10. The van der Waals surface area contributed by atoms with Crippen LogP contribution < -0.4 is 0 Å². The second-order valence-corrected chi connectivity index (χ2v) is 9.74. The molecule has 0 N–H and O–H groups in total. The van der Waals surface area contributed by atoms with Crippen LogP contribution in [0.4, 0.5) is 0 Å². The van der Waals surface area contributed by atoms with Crippen molar-refractivity contribution in [1.82, 2.24) is 4.98 Å². The number of hydrogen-bond donors (Lipinski definition) is 0. The van der Waals surface area contributed by atoms with Crippen molar-refractivity contribution in [1.29, 1.82) is 0 Å². The van der Waals surface area contributed by atoms with Gasteiger partial charge in [0, 0.05) is 20.8 Å². The molecular formula is C28H20BrN. The SMILES string of the molecule is Brc1ccc2c(c1)c1ccccc1c1nc(-c3ccccc3)c3c(c21)C1CCC3C1. The summed E-state index contributed by atoms with van der Waals surface area (Å²) >= 11 is 3.70. The van der Waals surface area contributed by atoms with Gasteiger partial charge in [0.25, 0.3) is 0 Å². The van der Waals surface area contributed by atoms with Gasteiger partial charge in [-0.1, -0.05) is 76.6 Å². The van der Waals surface area contributed by atoms with Crippen LogP contribution in [0.2, 0.25) is 0 Å². The molecule has 2 aliphatic carbocycles. The Kier molecular flexibility index (Phi) is 3.49. The minimum atomic E-state index is 0.661. The van der Waals surface area contributed by atoms with E-state index in [1.807, 2.05) is 0 Å². The summed E-state index contributed by atoms with van der Waals surface area (Å²) in [5, 5.41) is 6.63. The largest absolute Gasteiger partial charge is 0.247 e. The lowest BCUT2D eigenvalue weighted by Crippen LogP contribution is -2.05. The van der Waals surface area contributed by atoms with Gasteiger partial charge in [0.2, 0.25) is 0 Å².